The van der Waals surface area contributed by atoms with Crippen molar-refractivity contribution in [3.05, 3.63) is 29.3 Å². The molecule has 2 aromatic rings. The van der Waals surface area contributed by atoms with Crippen molar-refractivity contribution < 1.29 is 13.2 Å². The van der Waals surface area contributed by atoms with Crippen molar-refractivity contribution in [2.45, 2.75) is 37.9 Å². The first-order valence-corrected chi connectivity index (χ1v) is 11.0. The van der Waals surface area contributed by atoms with E-state index >= 15 is 0 Å². The topological polar surface area (TPSA) is 67.3 Å². The van der Waals surface area contributed by atoms with Gasteiger partial charge in [0.1, 0.15) is 16.5 Å². The fourth-order valence-corrected chi connectivity index (χ4v) is 5.64. The van der Waals surface area contributed by atoms with Crippen molar-refractivity contribution in [1.82, 2.24) is 9.88 Å². The third-order valence-corrected chi connectivity index (χ3v) is 6.85. The van der Waals surface area contributed by atoms with Gasteiger partial charge in [-0.3, -0.25) is 4.79 Å². The molecule has 0 atom stereocenters. The van der Waals surface area contributed by atoms with Crippen LogP contribution in [-0.4, -0.2) is 43.1 Å². The molecule has 130 valence electrons. The molecule has 0 radical (unpaired) electrons. The first kappa shape index (κ1) is 17.4. The van der Waals surface area contributed by atoms with E-state index in [1.54, 1.807) is 4.90 Å². The monoisotopic (exact) mass is 366 g/mol. The van der Waals surface area contributed by atoms with Crippen LogP contribution in [0, 0.1) is 0 Å². The maximum Gasteiger partial charge on any atom is 0.237 e. The number of carbonyl (C=O) groups excluding carboxylic acids is 1. The van der Waals surface area contributed by atoms with E-state index in [1.165, 1.54) is 17.8 Å². The van der Waals surface area contributed by atoms with Crippen LogP contribution in [-0.2, 0) is 20.4 Å². The van der Waals surface area contributed by atoms with E-state index in [9.17, 15) is 13.2 Å². The van der Waals surface area contributed by atoms with Crippen molar-refractivity contribution >= 4 is 37.3 Å². The van der Waals surface area contributed by atoms with Crippen molar-refractivity contribution in [3.63, 3.8) is 0 Å². The summed E-state index contributed by atoms with van der Waals surface area (Å²) in [5.74, 6) is -0.840. The van der Waals surface area contributed by atoms with Crippen LogP contribution in [0.25, 0.3) is 10.2 Å². The largest absolute Gasteiger partial charge is 0.342 e. The van der Waals surface area contributed by atoms with Crippen LogP contribution in [0.2, 0.25) is 0 Å². The van der Waals surface area contributed by atoms with Crippen LogP contribution in [0.1, 0.15) is 37.1 Å². The van der Waals surface area contributed by atoms with Crippen LogP contribution in [0.15, 0.2) is 24.3 Å². The van der Waals surface area contributed by atoms with Crippen LogP contribution < -0.4 is 0 Å². The highest BCUT2D eigenvalue weighted by Crippen LogP contribution is 2.23. The van der Waals surface area contributed by atoms with Crippen molar-refractivity contribution in [1.29, 1.82) is 0 Å². The van der Waals surface area contributed by atoms with E-state index < -0.39 is 15.6 Å². The minimum atomic E-state index is -3.50. The van der Waals surface area contributed by atoms with Crippen LogP contribution in [0.3, 0.4) is 0 Å². The molecule has 1 aliphatic rings. The lowest BCUT2D eigenvalue weighted by Gasteiger charge is -2.24. The van der Waals surface area contributed by atoms with Gasteiger partial charge in [0.15, 0.2) is 9.84 Å². The zero-order valence-electron chi connectivity index (χ0n) is 13.6. The normalized spacial score (nSPS) is 16.8. The quantitative estimate of drug-likeness (QED) is 0.834. The van der Waals surface area contributed by atoms with E-state index in [1.807, 2.05) is 24.3 Å². The van der Waals surface area contributed by atoms with Gasteiger partial charge in [0.05, 0.1) is 10.2 Å². The number of nitrogens with zero attached hydrogens (tertiary/aromatic N) is 2. The summed E-state index contributed by atoms with van der Waals surface area (Å²) < 4.78 is 25.8. The van der Waals surface area contributed by atoms with E-state index in [4.69, 9.17) is 0 Å². The van der Waals surface area contributed by atoms with Crippen LogP contribution in [0.4, 0.5) is 0 Å². The molecule has 0 bridgehead atoms. The van der Waals surface area contributed by atoms with Gasteiger partial charge in [-0.2, -0.15) is 0 Å². The molecule has 2 heterocycles. The Morgan fingerprint density at radius 3 is 2.46 bits per heavy atom. The summed E-state index contributed by atoms with van der Waals surface area (Å²) in [6, 6.07) is 7.58. The third-order valence-electron chi connectivity index (χ3n) is 4.23. The summed E-state index contributed by atoms with van der Waals surface area (Å²) in [6.07, 6.45) is 5.36. The Bertz CT molecular complexity index is 773. The second-order valence-corrected chi connectivity index (χ2v) is 9.44. The summed E-state index contributed by atoms with van der Waals surface area (Å²) in [7, 11) is -3.50. The highest BCUT2D eigenvalue weighted by molar-refractivity contribution is 7.91. The fraction of sp³-hybridized carbons (Fsp3) is 0.529. The molecule has 1 aliphatic heterocycles. The summed E-state index contributed by atoms with van der Waals surface area (Å²) in [5, 5.41) is 0.552. The number of benzene rings is 1. The van der Waals surface area contributed by atoms with E-state index in [-0.39, 0.29) is 11.7 Å². The number of sulfone groups is 1. The molecule has 0 aliphatic carbocycles. The summed E-state index contributed by atoms with van der Waals surface area (Å²) in [5.41, 5.74) is 0.808. The summed E-state index contributed by atoms with van der Waals surface area (Å²) >= 11 is 1.38. The standard InChI is InChI=1S/C17H22N2O3S2/c20-17(19-10-6-2-1-3-7-11-19)13-24(21,22)12-16-18-14-8-4-5-9-15(14)23-16/h4-5,8-9H,1-3,6-7,10-13H2. The fourth-order valence-electron chi connectivity index (χ4n) is 3.00. The average Bonchev–Trinajstić information content (AvgIpc) is 2.87. The molecule has 3 rings (SSSR count). The lowest BCUT2D eigenvalue weighted by molar-refractivity contribution is -0.128. The number of amides is 1. The van der Waals surface area contributed by atoms with Gasteiger partial charge >= 0.3 is 0 Å². The molecular weight excluding hydrogens is 344 g/mol. The minimum absolute atomic E-state index is 0.161. The molecule has 0 spiro atoms. The van der Waals surface area contributed by atoms with Gasteiger partial charge in [0.25, 0.3) is 0 Å². The molecule has 1 aromatic heterocycles. The summed E-state index contributed by atoms with van der Waals surface area (Å²) in [4.78, 5) is 18.4. The number of carbonyl (C=O) groups is 1. The zero-order valence-corrected chi connectivity index (χ0v) is 15.2. The highest BCUT2D eigenvalue weighted by atomic mass is 32.2. The van der Waals surface area contributed by atoms with Gasteiger partial charge in [0.2, 0.25) is 5.91 Å². The average molecular weight is 367 g/mol. The third kappa shape index (κ3) is 4.54. The number of hydrogen-bond acceptors (Lipinski definition) is 5. The molecule has 1 saturated heterocycles. The van der Waals surface area contributed by atoms with Gasteiger partial charge in [0, 0.05) is 13.1 Å². The Morgan fingerprint density at radius 2 is 1.75 bits per heavy atom. The minimum Gasteiger partial charge on any atom is -0.342 e. The molecule has 1 aromatic carbocycles. The number of likely N-dealkylation sites (tertiary alicyclic amines) is 1. The molecule has 0 unspecified atom stereocenters. The first-order chi connectivity index (χ1) is 11.5. The first-order valence-electron chi connectivity index (χ1n) is 8.36. The Balaban J connectivity index is 1.65. The molecular formula is C17H22N2O3S2. The van der Waals surface area contributed by atoms with E-state index in [0.29, 0.717) is 18.1 Å². The van der Waals surface area contributed by atoms with Gasteiger partial charge < -0.3 is 4.90 Å². The molecule has 1 amide bonds. The number of rotatable bonds is 4. The smallest absolute Gasteiger partial charge is 0.237 e. The predicted molar refractivity (Wildman–Crippen MR) is 96.8 cm³/mol. The number of thiazole rings is 1. The Kier molecular flexibility index (Phi) is 5.50. The van der Waals surface area contributed by atoms with Crippen molar-refractivity contribution in [2.24, 2.45) is 0 Å². The lowest BCUT2D eigenvalue weighted by atomic mass is 10.1. The molecule has 7 heteroatoms. The maximum absolute atomic E-state index is 12.4. The summed E-state index contributed by atoms with van der Waals surface area (Å²) in [6.45, 7) is 1.35. The van der Waals surface area contributed by atoms with E-state index in [2.05, 4.69) is 4.98 Å². The second kappa shape index (κ2) is 7.61. The second-order valence-electron chi connectivity index (χ2n) is 6.26. The van der Waals surface area contributed by atoms with Crippen LogP contribution in [0.5, 0.6) is 0 Å². The van der Waals surface area contributed by atoms with Gasteiger partial charge in [-0.15, -0.1) is 11.3 Å². The molecule has 0 N–H and O–H groups in total. The van der Waals surface area contributed by atoms with Gasteiger partial charge in [-0.05, 0) is 25.0 Å². The SMILES string of the molecule is O=C(CS(=O)(=O)Cc1nc2ccccc2s1)N1CCCCCCC1. The molecule has 1 fully saturated rings. The Labute approximate surface area is 146 Å². The number of hydrogen-bond donors (Lipinski definition) is 0. The van der Waals surface area contributed by atoms with Gasteiger partial charge in [-0.25, -0.2) is 13.4 Å². The van der Waals surface area contributed by atoms with Crippen molar-refractivity contribution in [3.8, 4) is 0 Å². The van der Waals surface area contributed by atoms with Gasteiger partial charge in [-0.1, -0.05) is 31.4 Å². The zero-order chi connectivity index (χ0) is 17.0. The highest BCUT2D eigenvalue weighted by Gasteiger charge is 2.23. The molecule has 24 heavy (non-hydrogen) atoms. The van der Waals surface area contributed by atoms with Crippen molar-refractivity contribution in [2.75, 3.05) is 18.8 Å². The number of aromatic nitrogens is 1. The Morgan fingerprint density at radius 1 is 1.08 bits per heavy atom. The molecule has 5 nitrogen and oxygen atoms in total. The number of fused-ring (bicyclic) bond motifs is 1. The maximum atomic E-state index is 12.4. The lowest BCUT2D eigenvalue weighted by Crippen LogP contribution is -2.38. The predicted octanol–water partition coefficient (Wildman–Crippen LogP) is 3.00. The Hall–Kier alpha value is -1.47. The van der Waals surface area contributed by atoms with E-state index in [0.717, 1.165) is 35.9 Å². The molecule has 0 saturated carbocycles. The number of para-hydroxylation sites is 1. The van der Waals surface area contributed by atoms with Crippen LogP contribution >= 0.6 is 11.3 Å².